The Labute approximate surface area is 148 Å². The number of hydrogen-bond acceptors (Lipinski definition) is 5. The molecule has 1 aromatic carbocycles. The van der Waals surface area contributed by atoms with Crippen LogP contribution < -0.4 is 10.3 Å². The van der Waals surface area contributed by atoms with Crippen LogP contribution in [0.1, 0.15) is 5.56 Å². The van der Waals surface area contributed by atoms with Crippen LogP contribution in [0.3, 0.4) is 0 Å². The molecule has 0 radical (unpaired) electrons. The minimum absolute atomic E-state index is 0.0424. The van der Waals surface area contributed by atoms with E-state index in [0.29, 0.717) is 11.9 Å². The Morgan fingerprint density at radius 2 is 2.12 bits per heavy atom. The van der Waals surface area contributed by atoms with E-state index in [2.05, 4.69) is 9.97 Å². The molecule has 6 heteroatoms. The second-order valence-corrected chi connectivity index (χ2v) is 6.63. The molecule has 0 bridgehead atoms. The first-order valence-electron chi connectivity index (χ1n) is 7.77. The minimum Gasteiger partial charge on any atom is -0.497 e. The Balaban J connectivity index is 1.74. The van der Waals surface area contributed by atoms with Gasteiger partial charge < -0.3 is 4.74 Å². The first-order valence-corrected chi connectivity index (χ1v) is 8.58. The molecule has 0 aliphatic heterocycles. The highest BCUT2D eigenvalue weighted by molar-refractivity contribution is 7.21. The number of benzene rings is 1. The van der Waals surface area contributed by atoms with Crippen molar-refractivity contribution in [3.63, 3.8) is 0 Å². The number of methoxy groups -OCH3 is 1. The molecule has 0 saturated carbocycles. The van der Waals surface area contributed by atoms with Crippen LogP contribution in [0.25, 0.3) is 20.7 Å². The lowest BCUT2D eigenvalue weighted by molar-refractivity contribution is 0.414. The van der Waals surface area contributed by atoms with Gasteiger partial charge in [0.05, 0.1) is 25.4 Å². The Morgan fingerprint density at radius 1 is 1.20 bits per heavy atom. The molecule has 0 atom stereocenters. The second-order valence-electron chi connectivity index (χ2n) is 5.60. The second kappa shape index (κ2) is 6.49. The molecule has 25 heavy (non-hydrogen) atoms. The zero-order chi connectivity index (χ0) is 17.2. The largest absolute Gasteiger partial charge is 0.497 e. The van der Waals surface area contributed by atoms with E-state index in [-0.39, 0.29) is 5.56 Å². The van der Waals surface area contributed by atoms with Gasteiger partial charge in [-0.05, 0) is 29.8 Å². The molecule has 0 aliphatic rings. The molecule has 0 saturated heterocycles. The average molecular weight is 349 g/mol. The van der Waals surface area contributed by atoms with Gasteiger partial charge in [0, 0.05) is 22.8 Å². The summed E-state index contributed by atoms with van der Waals surface area (Å²) in [5.74, 6) is 0.772. The molecule has 0 spiro atoms. The summed E-state index contributed by atoms with van der Waals surface area (Å²) >= 11 is 1.50. The zero-order valence-corrected chi connectivity index (χ0v) is 14.4. The van der Waals surface area contributed by atoms with E-state index in [9.17, 15) is 4.79 Å². The first-order chi connectivity index (χ1) is 12.2. The van der Waals surface area contributed by atoms with Gasteiger partial charge in [0.15, 0.2) is 0 Å². The van der Waals surface area contributed by atoms with Crippen molar-refractivity contribution in [1.29, 1.82) is 0 Å². The molecule has 3 heterocycles. The number of ether oxygens (including phenoxy) is 1. The van der Waals surface area contributed by atoms with Gasteiger partial charge in [-0.2, -0.15) is 0 Å². The summed E-state index contributed by atoms with van der Waals surface area (Å²) in [4.78, 5) is 23.1. The fourth-order valence-electron chi connectivity index (χ4n) is 2.69. The Morgan fingerprint density at radius 3 is 2.92 bits per heavy atom. The van der Waals surface area contributed by atoms with Crippen molar-refractivity contribution in [2.24, 2.45) is 0 Å². The molecule has 0 aliphatic carbocycles. The van der Waals surface area contributed by atoms with Crippen molar-refractivity contribution in [3.05, 3.63) is 77.1 Å². The van der Waals surface area contributed by atoms with Gasteiger partial charge >= 0.3 is 0 Å². The number of thiophene rings is 1. The standard InChI is InChI=1S/C19H15N3O2S/c1-24-15-6-2-4-13(8-15)11-22-12-21-18-16(19(22)23)9-17(25-18)14-5-3-7-20-10-14/h2-10,12H,11H2,1H3. The van der Waals surface area contributed by atoms with E-state index in [4.69, 9.17) is 4.74 Å². The maximum absolute atomic E-state index is 12.8. The predicted octanol–water partition coefficient (Wildman–Crippen LogP) is 3.58. The monoisotopic (exact) mass is 349 g/mol. The van der Waals surface area contributed by atoms with E-state index in [1.54, 1.807) is 30.4 Å². The van der Waals surface area contributed by atoms with Crippen LogP contribution in [-0.4, -0.2) is 21.6 Å². The molecular formula is C19H15N3O2S. The molecule has 4 rings (SSSR count). The highest BCUT2D eigenvalue weighted by atomic mass is 32.1. The maximum Gasteiger partial charge on any atom is 0.262 e. The highest BCUT2D eigenvalue weighted by Gasteiger charge is 2.11. The summed E-state index contributed by atoms with van der Waals surface area (Å²) in [6, 6.07) is 13.4. The smallest absolute Gasteiger partial charge is 0.262 e. The van der Waals surface area contributed by atoms with Crippen LogP contribution >= 0.6 is 11.3 Å². The molecule has 0 N–H and O–H groups in total. The van der Waals surface area contributed by atoms with Crippen molar-refractivity contribution >= 4 is 21.6 Å². The van der Waals surface area contributed by atoms with Crippen LogP contribution in [0.2, 0.25) is 0 Å². The molecule has 3 aromatic heterocycles. The fourth-order valence-corrected chi connectivity index (χ4v) is 3.67. The highest BCUT2D eigenvalue weighted by Crippen LogP contribution is 2.30. The average Bonchev–Trinajstić information content (AvgIpc) is 3.10. The normalized spacial score (nSPS) is 10.9. The Kier molecular flexibility index (Phi) is 4.03. The molecule has 5 nitrogen and oxygen atoms in total. The van der Waals surface area contributed by atoms with E-state index < -0.39 is 0 Å². The summed E-state index contributed by atoms with van der Waals surface area (Å²) < 4.78 is 6.86. The van der Waals surface area contributed by atoms with E-state index in [1.165, 1.54) is 11.3 Å². The third-order valence-electron chi connectivity index (χ3n) is 3.95. The van der Waals surface area contributed by atoms with Crippen LogP contribution in [0.15, 0.2) is 66.0 Å². The van der Waals surface area contributed by atoms with Gasteiger partial charge in [0.1, 0.15) is 10.6 Å². The third kappa shape index (κ3) is 3.04. The van der Waals surface area contributed by atoms with E-state index in [1.807, 2.05) is 42.5 Å². The van der Waals surface area contributed by atoms with E-state index >= 15 is 0 Å². The quantitative estimate of drug-likeness (QED) is 0.565. The van der Waals surface area contributed by atoms with Crippen LogP contribution in [-0.2, 0) is 6.54 Å². The molecule has 0 unspecified atom stereocenters. The van der Waals surface area contributed by atoms with E-state index in [0.717, 1.165) is 26.6 Å². The maximum atomic E-state index is 12.8. The van der Waals surface area contributed by atoms with Crippen LogP contribution in [0, 0.1) is 0 Å². The number of hydrogen-bond donors (Lipinski definition) is 0. The van der Waals surface area contributed by atoms with Crippen molar-refractivity contribution in [1.82, 2.24) is 14.5 Å². The molecular weight excluding hydrogens is 334 g/mol. The van der Waals surface area contributed by atoms with Crippen molar-refractivity contribution in [2.45, 2.75) is 6.54 Å². The Bertz CT molecular complexity index is 1090. The predicted molar refractivity (Wildman–Crippen MR) is 99.2 cm³/mol. The topological polar surface area (TPSA) is 57.0 Å². The lowest BCUT2D eigenvalue weighted by Crippen LogP contribution is -2.20. The zero-order valence-electron chi connectivity index (χ0n) is 13.5. The lowest BCUT2D eigenvalue weighted by atomic mass is 10.2. The minimum atomic E-state index is -0.0424. The fraction of sp³-hybridized carbons (Fsp3) is 0.105. The molecule has 4 aromatic rings. The Hall–Kier alpha value is -2.99. The number of aromatic nitrogens is 3. The van der Waals surface area contributed by atoms with Gasteiger partial charge in [0.25, 0.3) is 5.56 Å². The molecule has 124 valence electrons. The summed E-state index contributed by atoms with van der Waals surface area (Å²) in [6.45, 7) is 0.455. The third-order valence-corrected chi connectivity index (χ3v) is 5.04. The molecule has 0 amide bonds. The number of rotatable bonds is 4. The van der Waals surface area contributed by atoms with Gasteiger partial charge in [-0.3, -0.25) is 14.3 Å². The van der Waals surface area contributed by atoms with Crippen molar-refractivity contribution in [2.75, 3.05) is 7.11 Å². The number of nitrogens with zero attached hydrogens (tertiary/aromatic N) is 3. The number of pyridine rings is 1. The SMILES string of the molecule is COc1cccc(Cn2cnc3sc(-c4cccnc4)cc3c2=O)c1. The van der Waals surface area contributed by atoms with Gasteiger partial charge in [-0.1, -0.05) is 18.2 Å². The van der Waals surface area contributed by atoms with Crippen molar-refractivity contribution < 1.29 is 4.74 Å². The molecule has 0 fully saturated rings. The van der Waals surface area contributed by atoms with Gasteiger partial charge in [0.2, 0.25) is 0 Å². The van der Waals surface area contributed by atoms with Gasteiger partial charge in [-0.15, -0.1) is 11.3 Å². The van der Waals surface area contributed by atoms with Crippen LogP contribution in [0.4, 0.5) is 0 Å². The lowest BCUT2D eigenvalue weighted by Gasteiger charge is -2.07. The summed E-state index contributed by atoms with van der Waals surface area (Å²) in [5.41, 5.74) is 1.94. The van der Waals surface area contributed by atoms with Gasteiger partial charge in [-0.25, -0.2) is 4.98 Å². The number of fused-ring (bicyclic) bond motifs is 1. The summed E-state index contributed by atoms with van der Waals surface area (Å²) in [7, 11) is 1.63. The van der Waals surface area contributed by atoms with Crippen molar-refractivity contribution in [3.8, 4) is 16.2 Å². The van der Waals surface area contributed by atoms with Crippen LogP contribution in [0.5, 0.6) is 5.75 Å². The first kappa shape index (κ1) is 15.5. The summed E-state index contributed by atoms with van der Waals surface area (Å²) in [5, 5.41) is 0.634. The summed E-state index contributed by atoms with van der Waals surface area (Å²) in [6.07, 6.45) is 5.13.